The molecular formula is C11H12FN3O4. The second-order valence-corrected chi connectivity index (χ2v) is 3.71. The largest absolute Gasteiger partial charge is 0.478 e. The Morgan fingerprint density at radius 3 is 2.53 bits per heavy atom. The minimum atomic E-state index is -1.31. The van der Waals surface area contributed by atoms with Crippen molar-refractivity contribution < 1.29 is 23.9 Å². The molecule has 0 aliphatic heterocycles. The first-order valence-corrected chi connectivity index (χ1v) is 5.21. The maximum atomic E-state index is 13.0. The molecule has 19 heavy (non-hydrogen) atoms. The molecule has 0 bridgehead atoms. The van der Waals surface area contributed by atoms with Gasteiger partial charge in [-0.15, -0.1) is 0 Å². The van der Waals surface area contributed by atoms with E-state index in [9.17, 15) is 18.8 Å². The highest BCUT2D eigenvalue weighted by atomic mass is 19.1. The minimum Gasteiger partial charge on any atom is -0.478 e. The van der Waals surface area contributed by atoms with E-state index in [-0.39, 0.29) is 11.3 Å². The average molecular weight is 269 g/mol. The number of carboxylic acid groups (broad SMARTS) is 1. The molecule has 0 saturated heterocycles. The highest BCUT2D eigenvalue weighted by Crippen LogP contribution is 2.17. The number of hydrogen-bond donors (Lipinski definition) is 4. The van der Waals surface area contributed by atoms with Gasteiger partial charge in [-0.3, -0.25) is 4.79 Å². The molecular weight excluding hydrogens is 257 g/mol. The number of urea groups is 1. The zero-order chi connectivity index (χ0) is 14.6. The molecule has 1 rings (SSSR count). The summed E-state index contributed by atoms with van der Waals surface area (Å²) in [6, 6.07) is 0.977. The fraction of sp³-hybridized carbons (Fsp3) is 0.182. The molecule has 8 heteroatoms. The van der Waals surface area contributed by atoms with E-state index in [0.717, 1.165) is 18.2 Å². The summed E-state index contributed by atoms with van der Waals surface area (Å²) in [7, 11) is 0. The number of nitrogens with two attached hydrogens (primary N) is 1. The van der Waals surface area contributed by atoms with Crippen LogP contribution in [-0.2, 0) is 4.79 Å². The second kappa shape index (κ2) is 5.80. The number of nitrogens with one attached hydrogen (secondary N) is 2. The third-order valence-corrected chi connectivity index (χ3v) is 2.22. The molecule has 102 valence electrons. The van der Waals surface area contributed by atoms with E-state index in [1.807, 2.05) is 0 Å². The molecule has 1 atom stereocenters. The van der Waals surface area contributed by atoms with Crippen LogP contribution in [0.5, 0.6) is 0 Å². The van der Waals surface area contributed by atoms with E-state index in [2.05, 4.69) is 10.6 Å². The Hall–Kier alpha value is -2.64. The molecule has 0 fully saturated rings. The quantitative estimate of drug-likeness (QED) is 0.636. The summed E-state index contributed by atoms with van der Waals surface area (Å²) in [5, 5.41) is 13.2. The first kappa shape index (κ1) is 14.4. The lowest BCUT2D eigenvalue weighted by atomic mass is 10.1. The first-order valence-electron chi connectivity index (χ1n) is 5.21. The standard InChI is InChI=1S/C11H12FN3O4/c1-5(14-11(13)19)9(16)15-8-4-6(12)2-3-7(8)10(17)18/h2-5H,1H3,(H,15,16)(H,17,18)(H3,13,14,19). The van der Waals surface area contributed by atoms with Crippen LogP contribution in [0.25, 0.3) is 0 Å². The molecule has 0 aliphatic carbocycles. The van der Waals surface area contributed by atoms with Gasteiger partial charge in [-0.25, -0.2) is 14.0 Å². The van der Waals surface area contributed by atoms with Crippen LogP contribution in [0.2, 0.25) is 0 Å². The van der Waals surface area contributed by atoms with Crippen LogP contribution in [0.3, 0.4) is 0 Å². The van der Waals surface area contributed by atoms with Crippen LogP contribution in [0.1, 0.15) is 17.3 Å². The van der Waals surface area contributed by atoms with Gasteiger partial charge in [0, 0.05) is 0 Å². The van der Waals surface area contributed by atoms with Gasteiger partial charge in [-0.05, 0) is 25.1 Å². The van der Waals surface area contributed by atoms with Gasteiger partial charge in [0.25, 0.3) is 0 Å². The molecule has 5 N–H and O–H groups in total. The highest BCUT2D eigenvalue weighted by Gasteiger charge is 2.18. The first-order chi connectivity index (χ1) is 8.81. The summed E-state index contributed by atoms with van der Waals surface area (Å²) >= 11 is 0. The van der Waals surface area contributed by atoms with Crippen LogP contribution in [0.15, 0.2) is 18.2 Å². The maximum Gasteiger partial charge on any atom is 0.337 e. The number of rotatable bonds is 4. The van der Waals surface area contributed by atoms with Gasteiger partial charge in [-0.1, -0.05) is 0 Å². The third-order valence-electron chi connectivity index (χ3n) is 2.22. The predicted molar refractivity (Wildman–Crippen MR) is 64.2 cm³/mol. The Morgan fingerprint density at radius 1 is 1.37 bits per heavy atom. The number of anilines is 1. The Bertz CT molecular complexity index is 533. The van der Waals surface area contributed by atoms with E-state index in [1.165, 1.54) is 6.92 Å². The van der Waals surface area contributed by atoms with E-state index in [0.29, 0.717) is 0 Å². The molecule has 0 radical (unpaired) electrons. The molecule has 7 nitrogen and oxygen atoms in total. The summed E-state index contributed by atoms with van der Waals surface area (Å²) in [4.78, 5) is 33.1. The molecule has 1 aromatic carbocycles. The summed E-state index contributed by atoms with van der Waals surface area (Å²) < 4.78 is 13.0. The van der Waals surface area contributed by atoms with Crippen molar-refractivity contribution in [3.8, 4) is 0 Å². The van der Waals surface area contributed by atoms with Crippen molar-refractivity contribution in [2.45, 2.75) is 13.0 Å². The van der Waals surface area contributed by atoms with Crippen LogP contribution in [0.4, 0.5) is 14.9 Å². The number of carbonyl (C=O) groups excluding carboxylic acids is 2. The van der Waals surface area contributed by atoms with Gasteiger partial charge in [0.1, 0.15) is 11.9 Å². The highest BCUT2D eigenvalue weighted by molar-refractivity contribution is 6.02. The van der Waals surface area contributed by atoms with Gasteiger partial charge in [0.05, 0.1) is 11.3 Å². The van der Waals surface area contributed by atoms with Gasteiger partial charge >= 0.3 is 12.0 Å². The zero-order valence-corrected chi connectivity index (χ0v) is 9.94. The topological polar surface area (TPSA) is 122 Å². The van der Waals surface area contributed by atoms with Crippen LogP contribution < -0.4 is 16.4 Å². The molecule has 1 unspecified atom stereocenters. The Morgan fingerprint density at radius 2 is 2.00 bits per heavy atom. The van der Waals surface area contributed by atoms with Gasteiger partial charge in [0.15, 0.2) is 0 Å². The molecule has 0 saturated carbocycles. The minimum absolute atomic E-state index is 0.198. The molecule has 1 aromatic rings. The van der Waals surface area contributed by atoms with Crippen molar-refractivity contribution in [2.24, 2.45) is 5.73 Å². The maximum absolute atomic E-state index is 13.0. The molecule has 0 spiro atoms. The molecule has 0 aliphatic rings. The number of carbonyl (C=O) groups is 3. The second-order valence-electron chi connectivity index (χ2n) is 3.71. The van der Waals surface area contributed by atoms with E-state index < -0.39 is 29.8 Å². The lowest BCUT2D eigenvalue weighted by Gasteiger charge is -2.14. The molecule has 0 aromatic heterocycles. The van der Waals surface area contributed by atoms with E-state index in [4.69, 9.17) is 10.8 Å². The van der Waals surface area contributed by atoms with Crippen molar-refractivity contribution in [2.75, 3.05) is 5.32 Å². The van der Waals surface area contributed by atoms with Crippen LogP contribution in [0, 0.1) is 5.82 Å². The van der Waals surface area contributed by atoms with Crippen LogP contribution >= 0.6 is 0 Å². The summed E-state index contributed by atoms with van der Waals surface area (Å²) in [5.41, 5.74) is 4.38. The van der Waals surface area contributed by atoms with Gasteiger partial charge in [-0.2, -0.15) is 0 Å². The monoisotopic (exact) mass is 269 g/mol. The number of carboxylic acids is 1. The average Bonchev–Trinajstić information content (AvgIpc) is 2.27. The lowest BCUT2D eigenvalue weighted by Crippen LogP contribution is -2.44. The van der Waals surface area contributed by atoms with Gasteiger partial charge in [0.2, 0.25) is 5.91 Å². The van der Waals surface area contributed by atoms with Crippen molar-refractivity contribution in [1.82, 2.24) is 5.32 Å². The molecule has 0 heterocycles. The summed E-state index contributed by atoms with van der Waals surface area (Å²) in [5.74, 6) is -2.73. The Kier molecular flexibility index (Phi) is 4.41. The summed E-state index contributed by atoms with van der Waals surface area (Å²) in [6.07, 6.45) is 0. The predicted octanol–water partition coefficient (Wildman–Crippen LogP) is 0.519. The van der Waals surface area contributed by atoms with Crippen LogP contribution in [-0.4, -0.2) is 29.1 Å². The number of aromatic carboxylic acids is 1. The smallest absolute Gasteiger partial charge is 0.337 e. The van der Waals surface area contributed by atoms with Crippen molar-refractivity contribution in [1.29, 1.82) is 0 Å². The number of primary amides is 1. The number of halogens is 1. The third kappa shape index (κ3) is 3.95. The Balaban J connectivity index is 2.92. The summed E-state index contributed by atoms with van der Waals surface area (Å²) in [6.45, 7) is 1.35. The van der Waals surface area contributed by atoms with Crippen molar-refractivity contribution >= 4 is 23.6 Å². The van der Waals surface area contributed by atoms with Gasteiger partial charge < -0.3 is 21.5 Å². The fourth-order valence-corrected chi connectivity index (χ4v) is 1.33. The molecule has 3 amide bonds. The number of hydrogen-bond acceptors (Lipinski definition) is 3. The van der Waals surface area contributed by atoms with Crippen molar-refractivity contribution in [3.63, 3.8) is 0 Å². The van der Waals surface area contributed by atoms with E-state index >= 15 is 0 Å². The number of benzene rings is 1. The van der Waals surface area contributed by atoms with Crippen molar-refractivity contribution in [3.05, 3.63) is 29.6 Å². The normalized spacial score (nSPS) is 11.5. The lowest BCUT2D eigenvalue weighted by molar-refractivity contribution is -0.117. The Labute approximate surface area is 107 Å². The SMILES string of the molecule is CC(NC(N)=O)C(=O)Nc1cc(F)ccc1C(=O)O. The van der Waals surface area contributed by atoms with E-state index in [1.54, 1.807) is 0 Å². The number of amides is 3. The fourth-order valence-electron chi connectivity index (χ4n) is 1.33. The zero-order valence-electron chi connectivity index (χ0n) is 9.94.